The summed E-state index contributed by atoms with van der Waals surface area (Å²) >= 11 is 1.28. The third-order valence-corrected chi connectivity index (χ3v) is 7.48. The van der Waals surface area contributed by atoms with E-state index in [4.69, 9.17) is 15.2 Å². The molecule has 0 radical (unpaired) electrons. The maximum Gasteiger partial charge on any atom is 0.415 e. The first kappa shape index (κ1) is 30.7. The predicted octanol–water partition coefficient (Wildman–Crippen LogP) is 7.12. The van der Waals surface area contributed by atoms with Crippen LogP contribution in [0.25, 0.3) is 10.4 Å². The fourth-order valence-electron chi connectivity index (χ4n) is 4.51. The van der Waals surface area contributed by atoms with Crippen molar-refractivity contribution in [3.05, 3.63) is 107 Å². The lowest BCUT2D eigenvalue weighted by atomic mass is 10.1. The highest BCUT2D eigenvalue weighted by molar-refractivity contribution is 7.14. The van der Waals surface area contributed by atoms with Crippen molar-refractivity contribution < 1.29 is 27.8 Å². The van der Waals surface area contributed by atoms with Gasteiger partial charge in [-0.2, -0.15) is 0 Å². The zero-order valence-corrected chi connectivity index (χ0v) is 24.5. The molecule has 1 atom stereocenters. The molecule has 2 N–H and O–H groups in total. The largest absolute Gasteiger partial charge is 0.462 e. The number of ether oxygens (including phenoxy) is 2. The summed E-state index contributed by atoms with van der Waals surface area (Å²) in [7, 11) is 1.84. The van der Waals surface area contributed by atoms with Crippen LogP contribution in [-0.2, 0) is 22.4 Å². The summed E-state index contributed by atoms with van der Waals surface area (Å²) in [5, 5.41) is 1.65. The molecule has 3 aromatic carbocycles. The summed E-state index contributed by atoms with van der Waals surface area (Å²) in [4.78, 5) is 30.9. The number of benzene rings is 3. The number of nitrogens with zero attached hydrogens (tertiary/aromatic N) is 2. The Morgan fingerprint density at radius 2 is 1.64 bits per heavy atom. The van der Waals surface area contributed by atoms with E-state index in [1.165, 1.54) is 22.3 Å². The van der Waals surface area contributed by atoms with E-state index in [1.807, 2.05) is 42.3 Å². The van der Waals surface area contributed by atoms with E-state index in [-0.39, 0.29) is 30.8 Å². The lowest BCUT2D eigenvalue weighted by Gasteiger charge is -2.30. The molecule has 7 nitrogen and oxygen atoms in total. The van der Waals surface area contributed by atoms with Crippen LogP contribution >= 0.6 is 11.3 Å². The van der Waals surface area contributed by atoms with Gasteiger partial charge in [-0.15, -0.1) is 11.3 Å². The Morgan fingerprint density at radius 3 is 2.29 bits per heavy atom. The van der Waals surface area contributed by atoms with Gasteiger partial charge in [0.05, 0.1) is 29.4 Å². The van der Waals surface area contributed by atoms with Crippen LogP contribution in [0.2, 0.25) is 0 Å². The van der Waals surface area contributed by atoms with Crippen LogP contribution < -0.4 is 10.6 Å². The van der Waals surface area contributed by atoms with E-state index >= 15 is 0 Å². The number of hydrogen-bond acceptors (Lipinski definition) is 7. The number of rotatable bonds is 11. The molecule has 1 heterocycles. The molecular weight excluding hydrogens is 560 g/mol. The van der Waals surface area contributed by atoms with E-state index < -0.39 is 29.8 Å². The molecule has 1 aromatic heterocycles. The number of anilines is 2. The Kier molecular flexibility index (Phi) is 10.3. The van der Waals surface area contributed by atoms with Gasteiger partial charge in [0.15, 0.2) is 0 Å². The van der Waals surface area contributed by atoms with Gasteiger partial charge < -0.3 is 15.2 Å². The van der Waals surface area contributed by atoms with Crippen molar-refractivity contribution in [1.82, 2.24) is 4.90 Å². The number of esters is 1. The summed E-state index contributed by atoms with van der Waals surface area (Å²) in [6, 6.07) is 20.4. The Labute approximate surface area is 248 Å². The molecule has 0 aliphatic heterocycles. The van der Waals surface area contributed by atoms with Crippen LogP contribution in [0.1, 0.15) is 35.3 Å². The third-order valence-electron chi connectivity index (χ3n) is 6.46. The number of amides is 1. The Hall–Kier alpha value is -4.28. The fraction of sp³-hybridized carbons (Fsp3) is 0.250. The van der Waals surface area contributed by atoms with Crippen LogP contribution in [0.5, 0.6) is 0 Å². The van der Waals surface area contributed by atoms with Crippen LogP contribution in [0, 0.1) is 11.6 Å². The highest BCUT2D eigenvalue weighted by atomic mass is 32.1. The summed E-state index contributed by atoms with van der Waals surface area (Å²) in [6.45, 7) is 3.95. The van der Waals surface area contributed by atoms with Crippen LogP contribution in [0.4, 0.5) is 25.0 Å². The molecule has 0 spiro atoms. The van der Waals surface area contributed by atoms with E-state index in [0.717, 1.165) is 23.3 Å². The molecular formula is C32H33F2N3O4S. The van der Waals surface area contributed by atoms with Gasteiger partial charge in [-0.05, 0) is 56.3 Å². The van der Waals surface area contributed by atoms with Gasteiger partial charge >= 0.3 is 12.1 Å². The fourth-order valence-corrected chi connectivity index (χ4v) is 5.56. The van der Waals surface area contributed by atoms with Gasteiger partial charge in [-0.25, -0.2) is 18.4 Å². The van der Waals surface area contributed by atoms with Gasteiger partial charge in [0.2, 0.25) is 0 Å². The molecule has 4 rings (SSSR count). The summed E-state index contributed by atoms with van der Waals surface area (Å²) in [5.74, 6) is -2.02. The van der Waals surface area contributed by atoms with Crippen molar-refractivity contribution in [2.24, 2.45) is 0 Å². The van der Waals surface area contributed by atoms with Gasteiger partial charge in [0.25, 0.3) is 0 Å². The first-order valence-electron chi connectivity index (χ1n) is 13.5. The summed E-state index contributed by atoms with van der Waals surface area (Å²) in [6.07, 6.45) is -1.83. The van der Waals surface area contributed by atoms with Gasteiger partial charge in [-0.3, -0.25) is 9.80 Å². The molecule has 10 heteroatoms. The second-order valence-corrected chi connectivity index (χ2v) is 10.7. The van der Waals surface area contributed by atoms with Crippen LogP contribution in [0.3, 0.4) is 0 Å². The molecule has 0 saturated heterocycles. The number of thiophene rings is 1. The molecule has 1 amide bonds. The Bertz CT molecular complexity index is 1490. The van der Waals surface area contributed by atoms with Crippen molar-refractivity contribution in [3.63, 3.8) is 0 Å². The van der Waals surface area contributed by atoms with Crippen LogP contribution in [0.15, 0.2) is 78.2 Å². The van der Waals surface area contributed by atoms with Crippen molar-refractivity contribution in [3.8, 4) is 10.4 Å². The van der Waals surface area contributed by atoms with E-state index in [2.05, 4.69) is 0 Å². The molecule has 0 aliphatic carbocycles. The van der Waals surface area contributed by atoms with Gasteiger partial charge in [0, 0.05) is 29.6 Å². The number of carbonyl (C=O) groups excluding carboxylic acids is 2. The second-order valence-electron chi connectivity index (χ2n) is 9.84. The second kappa shape index (κ2) is 14.1. The predicted molar refractivity (Wildman–Crippen MR) is 161 cm³/mol. The minimum absolute atomic E-state index is 0.0413. The lowest BCUT2D eigenvalue weighted by Crippen LogP contribution is -2.42. The van der Waals surface area contributed by atoms with Crippen LogP contribution in [-0.4, -0.2) is 43.4 Å². The molecule has 42 heavy (non-hydrogen) atoms. The van der Waals surface area contributed by atoms with E-state index in [0.29, 0.717) is 22.8 Å². The zero-order valence-electron chi connectivity index (χ0n) is 23.7. The summed E-state index contributed by atoms with van der Waals surface area (Å²) < 4.78 is 39.8. The molecule has 4 aromatic rings. The Balaban J connectivity index is 1.72. The minimum atomic E-state index is -0.879. The molecule has 0 bridgehead atoms. The quantitative estimate of drug-likeness (QED) is 0.113. The molecule has 0 aliphatic rings. The minimum Gasteiger partial charge on any atom is -0.462 e. The van der Waals surface area contributed by atoms with Crippen molar-refractivity contribution in [1.29, 1.82) is 0 Å². The maximum absolute atomic E-state index is 14.3. The van der Waals surface area contributed by atoms with E-state index in [9.17, 15) is 18.4 Å². The maximum atomic E-state index is 14.3. The van der Waals surface area contributed by atoms with Crippen molar-refractivity contribution in [2.75, 3.05) is 31.0 Å². The number of halogens is 2. The molecule has 0 fully saturated rings. The highest BCUT2D eigenvalue weighted by Crippen LogP contribution is 2.41. The van der Waals surface area contributed by atoms with Crippen molar-refractivity contribution in [2.45, 2.75) is 32.9 Å². The monoisotopic (exact) mass is 593 g/mol. The normalized spacial score (nSPS) is 11.8. The Morgan fingerprint density at radius 1 is 0.976 bits per heavy atom. The smallest absolute Gasteiger partial charge is 0.415 e. The first-order valence-corrected chi connectivity index (χ1v) is 14.3. The number of nitrogens with two attached hydrogens (primary N) is 1. The molecule has 220 valence electrons. The number of nitrogen functional groups attached to an aromatic ring is 1. The SMILES string of the molecule is CCOC(=O)c1csc(-c2ccc(N)cc2)c1N(CN(C)Cc1ccccc1)C(=O)OC(C)Cc1c(F)cccc1F. The molecule has 0 saturated carbocycles. The van der Waals surface area contributed by atoms with Gasteiger partial charge in [0.1, 0.15) is 17.7 Å². The van der Waals surface area contributed by atoms with Gasteiger partial charge in [-0.1, -0.05) is 48.5 Å². The number of hydrogen-bond donors (Lipinski definition) is 1. The van der Waals surface area contributed by atoms with Crippen molar-refractivity contribution >= 4 is 34.8 Å². The summed E-state index contributed by atoms with van der Waals surface area (Å²) in [5.41, 5.74) is 8.58. The average Bonchev–Trinajstić information content (AvgIpc) is 3.40. The lowest BCUT2D eigenvalue weighted by molar-refractivity contribution is 0.0527. The zero-order chi connectivity index (χ0) is 30.2. The third kappa shape index (κ3) is 7.51. The topological polar surface area (TPSA) is 85.1 Å². The highest BCUT2D eigenvalue weighted by Gasteiger charge is 2.31. The number of carbonyl (C=O) groups is 2. The van der Waals surface area contributed by atoms with E-state index in [1.54, 1.807) is 43.5 Å². The standard InChI is InChI=1S/C32H33F2N3O4S/c1-4-40-31(38)26-19-42-30(23-13-15-24(35)16-14-23)29(26)37(20-36(3)18-22-9-6-5-7-10-22)32(39)41-21(2)17-25-27(33)11-8-12-28(25)34/h5-16,19,21H,4,17-18,20,35H2,1-3H3. The first-order chi connectivity index (χ1) is 20.2. The molecule has 1 unspecified atom stereocenters. The average molecular weight is 594 g/mol.